The second-order valence-corrected chi connectivity index (χ2v) is 6.99. The average Bonchev–Trinajstić information content (AvgIpc) is 2.64. The zero-order chi connectivity index (χ0) is 19.8. The molecule has 2 aromatic carbocycles. The van der Waals surface area contributed by atoms with Crippen molar-refractivity contribution in [3.63, 3.8) is 0 Å². The summed E-state index contributed by atoms with van der Waals surface area (Å²) in [5, 5.41) is 7.18. The summed E-state index contributed by atoms with van der Waals surface area (Å²) in [6.45, 7) is 0.161. The van der Waals surface area contributed by atoms with Crippen molar-refractivity contribution in [1.29, 1.82) is 0 Å². The first-order chi connectivity index (χ1) is 12.9. The number of hydrazone groups is 1. The fourth-order valence-electron chi connectivity index (χ4n) is 2.03. The molecule has 0 saturated carbocycles. The smallest absolute Gasteiger partial charge is 0.251 e. The summed E-state index contributed by atoms with van der Waals surface area (Å²) in [6.07, 6.45) is 1.59. The Kier molecular flexibility index (Phi) is 8.09. The van der Waals surface area contributed by atoms with Gasteiger partial charge in [-0.25, -0.2) is 5.43 Å². The van der Waals surface area contributed by atoms with Crippen LogP contribution in [0.3, 0.4) is 0 Å². The fraction of sp³-hybridized carbons (Fsp3) is 0.167. The summed E-state index contributed by atoms with van der Waals surface area (Å²) in [5.74, 6) is 0.0371. The lowest BCUT2D eigenvalue weighted by atomic mass is 10.2. The van der Waals surface area contributed by atoms with E-state index in [-0.39, 0.29) is 24.8 Å². The Bertz CT molecular complexity index is 875. The van der Waals surface area contributed by atoms with Crippen LogP contribution in [0.5, 0.6) is 5.75 Å². The van der Waals surface area contributed by atoms with Gasteiger partial charge in [-0.05, 0) is 57.9 Å². The van der Waals surface area contributed by atoms with E-state index in [9.17, 15) is 9.59 Å². The number of rotatable bonds is 7. The standard InChI is InChI=1S/C18H16BrCl2N3O3/c1-27-16-5-2-11(8-13(16)19)10-23-24-17(25)6-7-22-18(26)12-3-4-14(20)15(21)9-12/h2-5,8-10H,6-7H2,1H3,(H,22,26)(H,24,25). The minimum Gasteiger partial charge on any atom is -0.496 e. The van der Waals surface area contributed by atoms with Crippen LogP contribution in [0.4, 0.5) is 0 Å². The van der Waals surface area contributed by atoms with Gasteiger partial charge in [-0.3, -0.25) is 9.59 Å². The highest BCUT2D eigenvalue weighted by molar-refractivity contribution is 9.10. The normalized spacial score (nSPS) is 10.7. The summed E-state index contributed by atoms with van der Waals surface area (Å²) in [5.41, 5.74) is 3.56. The number of carbonyl (C=O) groups excluding carboxylic acids is 2. The first kappa shape index (κ1) is 21.2. The van der Waals surface area contributed by atoms with Crippen molar-refractivity contribution in [2.75, 3.05) is 13.7 Å². The van der Waals surface area contributed by atoms with Gasteiger partial charge in [0.25, 0.3) is 5.91 Å². The SMILES string of the molecule is COc1ccc(C=NNC(=O)CCNC(=O)c2ccc(Cl)c(Cl)c2)cc1Br. The molecule has 0 spiro atoms. The molecule has 2 N–H and O–H groups in total. The highest BCUT2D eigenvalue weighted by atomic mass is 79.9. The van der Waals surface area contributed by atoms with Crippen molar-refractivity contribution >= 4 is 57.2 Å². The van der Waals surface area contributed by atoms with Crippen LogP contribution in [-0.4, -0.2) is 31.7 Å². The topological polar surface area (TPSA) is 79.8 Å². The summed E-state index contributed by atoms with van der Waals surface area (Å²) in [6, 6.07) is 9.96. The number of carbonyl (C=O) groups is 2. The summed E-state index contributed by atoms with van der Waals surface area (Å²) < 4.78 is 5.92. The van der Waals surface area contributed by atoms with Gasteiger partial charge in [0.2, 0.25) is 5.91 Å². The molecule has 2 amide bonds. The molecular formula is C18H16BrCl2N3O3. The monoisotopic (exact) mass is 471 g/mol. The predicted octanol–water partition coefficient (Wildman–Crippen LogP) is 4.03. The predicted molar refractivity (Wildman–Crippen MR) is 110 cm³/mol. The van der Waals surface area contributed by atoms with Crippen LogP contribution < -0.4 is 15.5 Å². The molecule has 0 aliphatic heterocycles. The van der Waals surface area contributed by atoms with E-state index in [2.05, 4.69) is 31.8 Å². The molecule has 0 unspecified atom stereocenters. The molecule has 2 rings (SSSR count). The fourth-order valence-corrected chi connectivity index (χ4v) is 2.88. The van der Waals surface area contributed by atoms with Gasteiger partial charge < -0.3 is 10.1 Å². The zero-order valence-corrected chi connectivity index (χ0v) is 17.4. The maximum Gasteiger partial charge on any atom is 0.251 e. The van der Waals surface area contributed by atoms with Crippen LogP contribution >= 0.6 is 39.1 Å². The van der Waals surface area contributed by atoms with Crippen molar-refractivity contribution in [2.45, 2.75) is 6.42 Å². The molecule has 27 heavy (non-hydrogen) atoms. The lowest BCUT2D eigenvalue weighted by Gasteiger charge is -2.06. The molecule has 0 bridgehead atoms. The number of amides is 2. The van der Waals surface area contributed by atoms with Crippen LogP contribution in [-0.2, 0) is 4.79 Å². The van der Waals surface area contributed by atoms with Crippen molar-refractivity contribution in [3.8, 4) is 5.75 Å². The zero-order valence-electron chi connectivity index (χ0n) is 14.3. The van der Waals surface area contributed by atoms with Crippen molar-refractivity contribution in [1.82, 2.24) is 10.7 Å². The first-order valence-electron chi connectivity index (χ1n) is 7.79. The van der Waals surface area contributed by atoms with E-state index in [1.54, 1.807) is 25.3 Å². The van der Waals surface area contributed by atoms with Gasteiger partial charge in [-0.1, -0.05) is 23.2 Å². The third kappa shape index (κ3) is 6.53. The Labute approximate surface area is 175 Å². The Hall–Kier alpha value is -2.09. The molecular weight excluding hydrogens is 457 g/mol. The van der Waals surface area contributed by atoms with Crippen LogP contribution in [0.25, 0.3) is 0 Å². The van der Waals surface area contributed by atoms with Crippen LogP contribution in [0, 0.1) is 0 Å². The number of nitrogens with one attached hydrogen (secondary N) is 2. The van der Waals surface area contributed by atoms with E-state index in [1.807, 2.05) is 6.07 Å². The van der Waals surface area contributed by atoms with Gasteiger partial charge in [0.1, 0.15) is 5.75 Å². The summed E-state index contributed by atoms with van der Waals surface area (Å²) in [4.78, 5) is 23.8. The number of halogens is 3. The molecule has 0 atom stereocenters. The quantitative estimate of drug-likeness (QED) is 0.471. The van der Waals surface area contributed by atoms with Crippen LogP contribution in [0.1, 0.15) is 22.3 Å². The molecule has 6 nitrogen and oxygen atoms in total. The molecule has 0 heterocycles. The lowest BCUT2D eigenvalue weighted by Crippen LogP contribution is -2.29. The largest absolute Gasteiger partial charge is 0.496 e. The molecule has 0 saturated heterocycles. The number of methoxy groups -OCH3 is 1. The van der Waals surface area contributed by atoms with Gasteiger partial charge in [0.15, 0.2) is 0 Å². The minimum atomic E-state index is -0.340. The molecule has 2 aromatic rings. The third-order valence-corrected chi connectivity index (χ3v) is 4.76. The van der Waals surface area contributed by atoms with Crippen molar-refractivity contribution in [2.24, 2.45) is 5.10 Å². The van der Waals surface area contributed by atoms with E-state index < -0.39 is 0 Å². The van der Waals surface area contributed by atoms with Gasteiger partial charge in [0.05, 0.1) is 27.8 Å². The molecule has 142 valence electrons. The van der Waals surface area contributed by atoms with E-state index in [1.165, 1.54) is 18.3 Å². The number of nitrogens with zero attached hydrogens (tertiary/aromatic N) is 1. The first-order valence-corrected chi connectivity index (χ1v) is 9.34. The number of hydrogen-bond acceptors (Lipinski definition) is 4. The Morgan fingerprint density at radius 1 is 1.19 bits per heavy atom. The summed E-state index contributed by atoms with van der Waals surface area (Å²) in [7, 11) is 1.58. The molecule has 0 aromatic heterocycles. The molecule has 0 fully saturated rings. The molecule has 9 heteroatoms. The lowest BCUT2D eigenvalue weighted by molar-refractivity contribution is -0.120. The average molecular weight is 473 g/mol. The highest BCUT2D eigenvalue weighted by Gasteiger charge is 2.08. The summed E-state index contributed by atoms with van der Waals surface area (Å²) >= 11 is 15.1. The Morgan fingerprint density at radius 3 is 2.63 bits per heavy atom. The second-order valence-electron chi connectivity index (χ2n) is 5.32. The minimum absolute atomic E-state index is 0.0801. The molecule has 0 aliphatic carbocycles. The number of benzene rings is 2. The second kappa shape index (κ2) is 10.3. The van der Waals surface area contributed by atoms with Crippen molar-refractivity contribution < 1.29 is 14.3 Å². The van der Waals surface area contributed by atoms with Gasteiger partial charge in [0, 0.05) is 18.5 Å². The van der Waals surface area contributed by atoms with E-state index in [0.717, 1.165) is 10.0 Å². The highest BCUT2D eigenvalue weighted by Crippen LogP contribution is 2.25. The Morgan fingerprint density at radius 2 is 1.96 bits per heavy atom. The van der Waals surface area contributed by atoms with Crippen molar-refractivity contribution in [3.05, 3.63) is 62.0 Å². The van der Waals surface area contributed by atoms with Gasteiger partial charge >= 0.3 is 0 Å². The third-order valence-electron chi connectivity index (χ3n) is 3.40. The van der Waals surface area contributed by atoms with E-state index in [0.29, 0.717) is 21.4 Å². The maximum atomic E-state index is 12.0. The van der Waals surface area contributed by atoms with E-state index >= 15 is 0 Å². The van der Waals surface area contributed by atoms with Gasteiger partial charge in [-0.2, -0.15) is 5.10 Å². The van der Waals surface area contributed by atoms with Crippen LogP contribution in [0.15, 0.2) is 46.0 Å². The maximum absolute atomic E-state index is 12.0. The Balaban J connectivity index is 1.76. The number of hydrogen-bond donors (Lipinski definition) is 2. The van der Waals surface area contributed by atoms with Gasteiger partial charge in [-0.15, -0.1) is 0 Å². The van der Waals surface area contributed by atoms with E-state index in [4.69, 9.17) is 27.9 Å². The molecule has 0 aliphatic rings. The number of ether oxygens (including phenoxy) is 1. The van der Waals surface area contributed by atoms with Crippen LogP contribution in [0.2, 0.25) is 10.0 Å². The molecule has 0 radical (unpaired) electrons.